The van der Waals surface area contributed by atoms with Crippen LogP contribution in [0.3, 0.4) is 0 Å². The summed E-state index contributed by atoms with van der Waals surface area (Å²) >= 11 is 0. The van der Waals surface area contributed by atoms with Crippen LogP contribution < -0.4 is 0 Å². The summed E-state index contributed by atoms with van der Waals surface area (Å²) < 4.78 is 0. The first-order valence-corrected chi connectivity index (χ1v) is 4.92. The summed E-state index contributed by atoms with van der Waals surface area (Å²) in [4.78, 5) is 13.2. The van der Waals surface area contributed by atoms with Crippen molar-refractivity contribution in [1.82, 2.24) is 4.90 Å². The smallest absolute Gasteiger partial charge is 0.239 e. The van der Waals surface area contributed by atoms with Crippen molar-refractivity contribution in [1.29, 1.82) is 5.26 Å². The van der Waals surface area contributed by atoms with Crippen LogP contribution in [0.5, 0.6) is 0 Å². The molecule has 1 amide bonds. The lowest BCUT2D eigenvalue weighted by Crippen LogP contribution is -2.32. The highest BCUT2D eigenvalue weighted by molar-refractivity contribution is 5.80. The van der Waals surface area contributed by atoms with Gasteiger partial charge < -0.3 is 4.90 Å². The molecule has 0 aliphatic rings. The molecule has 14 heavy (non-hydrogen) atoms. The summed E-state index contributed by atoms with van der Waals surface area (Å²) in [6, 6.07) is 2.01. The Kier molecular flexibility index (Phi) is 6.47. The molecule has 0 aliphatic heterocycles. The van der Waals surface area contributed by atoms with Crippen LogP contribution in [0.2, 0.25) is 0 Å². The first kappa shape index (κ1) is 12.7. The van der Waals surface area contributed by atoms with Gasteiger partial charge in [0, 0.05) is 13.6 Å². The van der Waals surface area contributed by atoms with Gasteiger partial charge in [0.1, 0.15) is 5.92 Å². The Morgan fingerprint density at radius 1 is 1.71 bits per heavy atom. The molecule has 0 aromatic heterocycles. The van der Waals surface area contributed by atoms with Gasteiger partial charge >= 0.3 is 0 Å². The fourth-order valence-electron chi connectivity index (χ4n) is 1.17. The van der Waals surface area contributed by atoms with Gasteiger partial charge in [-0.05, 0) is 19.3 Å². The molecule has 78 valence electrons. The quantitative estimate of drug-likeness (QED) is 0.479. The number of nitriles is 1. The van der Waals surface area contributed by atoms with E-state index >= 15 is 0 Å². The number of carbonyl (C=O) groups is 1. The predicted molar refractivity (Wildman–Crippen MR) is 56.5 cm³/mol. The maximum absolute atomic E-state index is 11.6. The molecule has 0 aliphatic carbocycles. The fraction of sp³-hybridized carbons (Fsp3) is 0.636. The lowest BCUT2D eigenvalue weighted by atomic mass is 10.1. The van der Waals surface area contributed by atoms with Crippen LogP contribution in [0, 0.1) is 17.2 Å². The third-order valence-electron chi connectivity index (χ3n) is 2.14. The Bertz CT molecular complexity index is 230. The summed E-state index contributed by atoms with van der Waals surface area (Å²) in [5, 5.41) is 8.70. The van der Waals surface area contributed by atoms with E-state index in [1.165, 1.54) is 0 Å². The molecular weight excluding hydrogens is 176 g/mol. The molecule has 3 nitrogen and oxygen atoms in total. The normalized spacial score (nSPS) is 11.5. The number of hydrogen-bond acceptors (Lipinski definition) is 2. The molecule has 0 rings (SSSR count). The van der Waals surface area contributed by atoms with Crippen LogP contribution in [0.15, 0.2) is 12.7 Å². The number of allylic oxidation sites excluding steroid dienone is 1. The number of amides is 1. The first-order chi connectivity index (χ1) is 6.67. The maximum atomic E-state index is 11.6. The van der Waals surface area contributed by atoms with E-state index in [1.54, 1.807) is 11.9 Å². The van der Waals surface area contributed by atoms with Crippen molar-refractivity contribution in [2.45, 2.75) is 26.2 Å². The standard InChI is InChI=1S/C11H18N2O/c1-4-6-7-8-13(3)11(14)10(5-2)9-12/h4,10H,1,5-8H2,2-3H3. The van der Waals surface area contributed by atoms with Crippen LogP contribution in [-0.4, -0.2) is 24.4 Å². The zero-order valence-electron chi connectivity index (χ0n) is 8.99. The average molecular weight is 194 g/mol. The summed E-state index contributed by atoms with van der Waals surface area (Å²) in [6.07, 6.45) is 4.23. The molecule has 0 N–H and O–H groups in total. The van der Waals surface area contributed by atoms with Gasteiger partial charge in [0.05, 0.1) is 6.07 Å². The molecule has 0 aromatic rings. The third kappa shape index (κ3) is 4.08. The van der Waals surface area contributed by atoms with Gasteiger partial charge in [-0.25, -0.2) is 0 Å². The van der Waals surface area contributed by atoms with Gasteiger partial charge in [-0.15, -0.1) is 6.58 Å². The summed E-state index contributed by atoms with van der Waals surface area (Å²) in [6.45, 7) is 6.16. The first-order valence-electron chi connectivity index (χ1n) is 4.92. The molecule has 1 atom stereocenters. The molecule has 0 saturated carbocycles. The molecule has 3 heteroatoms. The van der Waals surface area contributed by atoms with E-state index in [0.717, 1.165) is 12.8 Å². The summed E-state index contributed by atoms with van der Waals surface area (Å²) in [5.41, 5.74) is 0. The molecule has 1 unspecified atom stereocenters. The Labute approximate surface area is 86.0 Å². The van der Waals surface area contributed by atoms with Crippen LogP contribution in [-0.2, 0) is 4.79 Å². The van der Waals surface area contributed by atoms with Crippen LogP contribution in [0.1, 0.15) is 26.2 Å². The van der Waals surface area contributed by atoms with Crippen molar-refractivity contribution in [2.75, 3.05) is 13.6 Å². The van der Waals surface area contributed by atoms with Crippen molar-refractivity contribution in [2.24, 2.45) is 5.92 Å². The van der Waals surface area contributed by atoms with Crippen molar-refractivity contribution in [3.8, 4) is 6.07 Å². The number of hydrogen-bond donors (Lipinski definition) is 0. The van der Waals surface area contributed by atoms with Crippen LogP contribution >= 0.6 is 0 Å². The molecule has 0 heterocycles. The number of rotatable bonds is 6. The molecule has 0 saturated heterocycles. The van der Waals surface area contributed by atoms with E-state index in [9.17, 15) is 4.79 Å². The van der Waals surface area contributed by atoms with E-state index in [2.05, 4.69) is 6.58 Å². The minimum absolute atomic E-state index is 0.0703. The van der Waals surface area contributed by atoms with Crippen molar-refractivity contribution in [3.05, 3.63) is 12.7 Å². The molecular formula is C11H18N2O. The topological polar surface area (TPSA) is 44.1 Å². The second kappa shape index (κ2) is 7.14. The van der Waals surface area contributed by atoms with Crippen molar-refractivity contribution < 1.29 is 4.79 Å². The minimum atomic E-state index is -0.483. The van der Waals surface area contributed by atoms with E-state index in [4.69, 9.17) is 5.26 Å². The highest BCUT2D eigenvalue weighted by Crippen LogP contribution is 2.06. The fourth-order valence-corrected chi connectivity index (χ4v) is 1.17. The largest absolute Gasteiger partial charge is 0.345 e. The van der Waals surface area contributed by atoms with Gasteiger partial charge in [-0.1, -0.05) is 13.0 Å². The predicted octanol–water partition coefficient (Wildman–Crippen LogP) is 1.96. The summed E-state index contributed by atoms with van der Waals surface area (Å²) in [7, 11) is 1.74. The van der Waals surface area contributed by atoms with Crippen LogP contribution in [0.4, 0.5) is 0 Å². The molecule has 0 fully saturated rings. The average Bonchev–Trinajstić information content (AvgIpc) is 2.19. The van der Waals surface area contributed by atoms with E-state index in [1.807, 2.05) is 19.1 Å². The van der Waals surface area contributed by atoms with E-state index in [-0.39, 0.29) is 5.91 Å². The van der Waals surface area contributed by atoms with Crippen LogP contribution in [0.25, 0.3) is 0 Å². The molecule has 0 radical (unpaired) electrons. The third-order valence-corrected chi connectivity index (χ3v) is 2.14. The Balaban J connectivity index is 3.98. The Morgan fingerprint density at radius 2 is 2.36 bits per heavy atom. The second-order valence-electron chi connectivity index (χ2n) is 3.28. The summed E-state index contributed by atoms with van der Waals surface area (Å²) in [5.74, 6) is -0.553. The minimum Gasteiger partial charge on any atom is -0.345 e. The Morgan fingerprint density at radius 3 is 2.79 bits per heavy atom. The van der Waals surface area contributed by atoms with Gasteiger partial charge in [0.2, 0.25) is 5.91 Å². The maximum Gasteiger partial charge on any atom is 0.239 e. The molecule has 0 spiro atoms. The van der Waals surface area contributed by atoms with E-state index < -0.39 is 5.92 Å². The van der Waals surface area contributed by atoms with Crippen molar-refractivity contribution >= 4 is 5.91 Å². The SMILES string of the molecule is C=CCCCN(C)C(=O)C(C#N)CC. The molecule has 0 aromatic carbocycles. The van der Waals surface area contributed by atoms with Gasteiger partial charge in [-0.2, -0.15) is 5.26 Å². The molecule has 0 bridgehead atoms. The Hall–Kier alpha value is -1.30. The number of carbonyl (C=O) groups excluding carboxylic acids is 1. The highest BCUT2D eigenvalue weighted by Gasteiger charge is 2.18. The van der Waals surface area contributed by atoms with E-state index in [0.29, 0.717) is 13.0 Å². The number of nitrogens with zero attached hydrogens (tertiary/aromatic N) is 2. The number of unbranched alkanes of at least 4 members (excludes halogenated alkanes) is 1. The monoisotopic (exact) mass is 194 g/mol. The van der Waals surface area contributed by atoms with Gasteiger partial charge in [0.25, 0.3) is 0 Å². The highest BCUT2D eigenvalue weighted by atomic mass is 16.2. The van der Waals surface area contributed by atoms with Gasteiger partial charge in [-0.3, -0.25) is 4.79 Å². The zero-order chi connectivity index (χ0) is 11.0. The van der Waals surface area contributed by atoms with Gasteiger partial charge in [0.15, 0.2) is 0 Å². The lowest BCUT2D eigenvalue weighted by molar-refractivity contribution is -0.132. The zero-order valence-corrected chi connectivity index (χ0v) is 8.99. The van der Waals surface area contributed by atoms with Crippen molar-refractivity contribution in [3.63, 3.8) is 0 Å². The second-order valence-corrected chi connectivity index (χ2v) is 3.28. The lowest BCUT2D eigenvalue weighted by Gasteiger charge is -2.18.